The predicted molar refractivity (Wildman–Crippen MR) is 121 cm³/mol. The summed E-state index contributed by atoms with van der Waals surface area (Å²) in [6, 6.07) is 20.3. The molecule has 1 heterocycles. The van der Waals surface area contributed by atoms with E-state index in [-0.39, 0.29) is 6.42 Å². The number of hydrogen-bond donors (Lipinski definition) is 3. The van der Waals surface area contributed by atoms with Crippen LogP contribution in [0, 0.1) is 0 Å². The van der Waals surface area contributed by atoms with Crippen molar-refractivity contribution in [3.05, 3.63) is 83.4 Å². The summed E-state index contributed by atoms with van der Waals surface area (Å²) < 4.78 is 0. The molecule has 5 amide bonds. The fraction of sp³-hybridized carbons (Fsp3) is 0.200. The Kier molecular flexibility index (Phi) is 5.05. The Morgan fingerprint density at radius 2 is 1.64 bits per heavy atom. The number of fused-ring (bicyclic) bond motifs is 3. The lowest BCUT2D eigenvalue weighted by Crippen LogP contribution is -2.48. The van der Waals surface area contributed by atoms with Crippen molar-refractivity contribution in [1.82, 2.24) is 21.1 Å². The van der Waals surface area contributed by atoms with Gasteiger partial charge in [0.15, 0.2) is 0 Å². The molecular weight excluding hydrogens is 420 g/mol. The van der Waals surface area contributed by atoms with Gasteiger partial charge in [-0.15, -0.1) is 0 Å². The van der Waals surface area contributed by atoms with E-state index >= 15 is 0 Å². The zero-order chi connectivity index (χ0) is 23.0. The molecule has 1 spiro atoms. The number of hydrazine groups is 1. The second-order valence-electron chi connectivity index (χ2n) is 8.30. The minimum atomic E-state index is -1.12. The Morgan fingerprint density at radius 3 is 2.52 bits per heavy atom. The molecular formula is C25H22N4O4. The van der Waals surface area contributed by atoms with Crippen LogP contribution in [0.3, 0.4) is 0 Å². The zero-order valence-electron chi connectivity index (χ0n) is 17.8. The number of amides is 5. The van der Waals surface area contributed by atoms with Gasteiger partial charge in [0.25, 0.3) is 11.8 Å². The van der Waals surface area contributed by atoms with E-state index in [2.05, 4.69) is 16.2 Å². The van der Waals surface area contributed by atoms with Gasteiger partial charge in [-0.2, -0.15) is 0 Å². The molecule has 8 nitrogen and oxygen atoms in total. The van der Waals surface area contributed by atoms with Crippen molar-refractivity contribution in [3.63, 3.8) is 0 Å². The fourth-order valence-electron chi connectivity index (χ4n) is 4.72. The van der Waals surface area contributed by atoms with E-state index in [1.165, 1.54) is 0 Å². The lowest BCUT2D eigenvalue weighted by molar-refractivity contribution is -0.136. The molecule has 1 fully saturated rings. The maximum Gasteiger partial charge on any atom is 0.325 e. The summed E-state index contributed by atoms with van der Waals surface area (Å²) in [5.41, 5.74) is 6.17. The fourth-order valence-corrected chi connectivity index (χ4v) is 4.72. The zero-order valence-corrected chi connectivity index (χ0v) is 17.8. The molecule has 3 N–H and O–H groups in total. The lowest BCUT2D eigenvalue weighted by atomic mass is 9.92. The van der Waals surface area contributed by atoms with E-state index in [0.717, 1.165) is 32.4 Å². The molecule has 8 heteroatoms. The second-order valence-corrected chi connectivity index (χ2v) is 8.30. The van der Waals surface area contributed by atoms with Crippen molar-refractivity contribution in [2.24, 2.45) is 0 Å². The van der Waals surface area contributed by atoms with Gasteiger partial charge in [0.2, 0.25) is 5.91 Å². The molecule has 1 aliphatic heterocycles. The first-order valence-corrected chi connectivity index (χ1v) is 10.7. The molecule has 0 aromatic heterocycles. The van der Waals surface area contributed by atoms with Gasteiger partial charge in [0, 0.05) is 0 Å². The summed E-state index contributed by atoms with van der Waals surface area (Å²) in [5, 5.41) is 4.76. The molecule has 0 radical (unpaired) electrons. The summed E-state index contributed by atoms with van der Waals surface area (Å²) in [4.78, 5) is 51.3. The average molecular weight is 442 g/mol. The van der Waals surface area contributed by atoms with Crippen LogP contribution in [0.4, 0.5) is 4.79 Å². The summed E-state index contributed by atoms with van der Waals surface area (Å²) in [6.07, 6.45) is 1.20. The molecule has 0 saturated carbocycles. The largest absolute Gasteiger partial charge is 0.325 e. The summed E-state index contributed by atoms with van der Waals surface area (Å²) >= 11 is 0. The molecule has 1 saturated heterocycles. The van der Waals surface area contributed by atoms with E-state index in [1.54, 1.807) is 0 Å². The Hall–Kier alpha value is -4.20. The van der Waals surface area contributed by atoms with Gasteiger partial charge in [-0.05, 0) is 40.3 Å². The van der Waals surface area contributed by atoms with E-state index in [0.29, 0.717) is 12.8 Å². The van der Waals surface area contributed by atoms with Crippen molar-refractivity contribution in [3.8, 4) is 0 Å². The van der Waals surface area contributed by atoms with E-state index < -0.39 is 35.8 Å². The lowest BCUT2D eigenvalue weighted by Gasteiger charge is -2.22. The number of aryl methyl sites for hydroxylation is 1. The molecule has 1 unspecified atom stereocenters. The molecule has 3 aromatic rings. The SMILES string of the molecule is O=C(Cc1cccc2ccccc12)NNC(=O)CN1C(=O)NC2(CCc3ccccc32)C1=O. The Labute approximate surface area is 189 Å². The molecule has 3 aromatic carbocycles. The summed E-state index contributed by atoms with van der Waals surface area (Å²) in [7, 11) is 0. The first-order chi connectivity index (χ1) is 16.0. The van der Waals surface area contributed by atoms with Crippen LogP contribution in [0.2, 0.25) is 0 Å². The Balaban J connectivity index is 1.21. The van der Waals surface area contributed by atoms with Gasteiger partial charge in [-0.1, -0.05) is 66.7 Å². The minimum Gasteiger partial charge on any atom is -0.319 e. The number of carbonyl (C=O) groups excluding carboxylic acids is 4. The van der Waals surface area contributed by atoms with Crippen molar-refractivity contribution in [2.75, 3.05) is 6.54 Å². The Morgan fingerprint density at radius 1 is 0.909 bits per heavy atom. The monoisotopic (exact) mass is 442 g/mol. The number of urea groups is 1. The molecule has 166 valence electrons. The first kappa shape index (κ1) is 20.7. The molecule has 2 aliphatic rings. The number of carbonyl (C=O) groups is 4. The van der Waals surface area contributed by atoms with Crippen LogP contribution in [0.5, 0.6) is 0 Å². The van der Waals surface area contributed by atoms with Gasteiger partial charge < -0.3 is 5.32 Å². The topological polar surface area (TPSA) is 108 Å². The highest BCUT2D eigenvalue weighted by Gasteiger charge is 2.55. The van der Waals surface area contributed by atoms with E-state index in [1.807, 2.05) is 66.7 Å². The molecule has 1 aliphatic carbocycles. The summed E-state index contributed by atoms with van der Waals surface area (Å²) in [5.74, 6) is -1.51. The van der Waals surface area contributed by atoms with Crippen molar-refractivity contribution in [2.45, 2.75) is 24.8 Å². The molecule has 33 heavy (non-hydrogen) atoms. The normalized spacial score (nSPS) is 19.0. The van der Waals surface area contributed by atoms with Crippen molar-refractivity contribution >= 4 is 34.5 Å². The number of nitrogens with zero attached hydrogens (tertiary/aromatic N) is 1. The molecule has 0 bridgehead atoms. The quantitative estimate of drug-likeness (QED) is 0.424. The highest BCUT2D eigenvalue weighted by Crippen LogP contribution is 2.41. The van der Waals surface area contributed by atoms with Crippen LogP contribution in [0.1, 0.15) is 23.1 Å². The number of nitrogens with one attached hydrogen (secondary N) is 3. The molecule has 5 rings (SSSR count). The van der Waals surface area contributed by atoms with Crippen molar-refractivity contribution in [1.29, 1.82) is 0 Å². The number of rotatable bonds is 4. The third-order valence-corrected chi connectivity index (χ3v) is 6.30. The second kappa shape index (κ2) is 8.05. The standard InChI is InChI=1S/C25H22N4O4/c30-21(14-18-9-5-8-16-6-1-3-10-19(16)18)27-28-22(31)15-29-23(32)25(26-24(29)33)13-12-17-7-2-4-11-20(17)25/h1-11H,12-15H2,(H,26,33)(H,27,30)(H,28,31). The maximum absolute atomic E-state index is 13.1. The summed E-state index contributed by atoms with van der Waals surface area (Å²) in [6.45, 7) is -0.483. The van der Waals surface area contributed by atoms with Gasteiger partial charge in [0.05, 0.1) is 6.42 Å². The first-order valence-electron chi connectivity index (χ1n) is 10.7. The van der Waals surface area contributed by atoms with Gasteiger partial charge in [-0.25, -0.2) is 4.79 Å². The number of imide groups is 1. The van der Waals surface area contributed by atoms with E-state index in [9.17, 15) is 19.2 Å². The van der Waals surface area contributed by atoms with Crippen LogP contribution < -0.4 is 16.2 Å². The number of benzene rings is 3. The average Bonchev–Trinajstić information content (AvgIpc) is 3.31. The van der Waals surface area contributed by atoms with Crippen molar-refractivity contribution < 1.29 is 19.2 Å². The third kappa shape index (κ3) is 3.59. The van der Waals surface area contributed by atoms with Crippen LogP contribution in [0.25, 0.3) is 10.8 Å². The van der Waals surface area contributed by atoms with Gasteiger partial charge in [0.1, 0.15) is 12.1 Å². The van der Waals surface area contributed by atoms with Gasteiger partial charge >= 0.3 is 6.03 Å². The van der Waals surface area contributed by atoms with Gasteiger partial charge in [-0.3, -0.25) is 30.1 Å². The smallest absolute Gasteiger partial charge is 0.319 e. The van der Waals surface area contributed by atoms with Crippen LogP contribution >= 0.6 is 0 Å². The molecule has 1 atom stereocenters. The number of hydrogen-bond acceptors (Lipinski definition) is 4. The van der Waals surface area contributed by atoms with Crippen LogP contribution in [-0.2, 0) is 32.8 Å². The van der Waals surface area contributed by atoms with E-state index in [4.69, 9.17) is 0 Å². The Bertz CT molecular complexity index is 1300. The van der Waals surface area contributed by atoms with Crippen LogP contribution in [0.15, 0.2) is 66.7 Å². The highest BCUT2D eigenvalue weighted by atomic mass is 16.2. The maximum atomic E-state index is 13.1. The predicted octanol–water partition coefficient (Wildman–Crippen LogP) is 1.92. The third-order valence-electron chi connectivity index (χ3n) is 6.30. The van der Waals surface area contributed by atoms with Crippen LogP contribution in [-0.4, -0.2) is 35.2 Å². The minimum absolute atomic E-state index is 0.0741. The highest BCUT2D eigenvalue weighted by molar-refractivity contribution is 6.10.